The van der Waals surface area contributed by atoms with Crippen molar-refractivity contribution in [3.63, 3.8) is 0 Å². The van der Waals surface area contributed by atoms with Crippen molar-refractivity contribution in [2.75, 3.05) is 67.6 Å². The van der Waals surface area contributed by atoms with Gasteiger partial charge < -0.3 is 29.9 Å². The van der Waals surface area contributed by atoms with E-state index in [1.54, 1.807) is 0 Å². The van der Waals surface area contributed by atoms with E-state index >= 15 is 0 Å². The van der Waals surface area contributed by atoms with E-state index in [1.165, 1.54) is 4.90 Å². The van der Waals surface area contributed by atoms with Crippen LogP contribution in [-0.2, 0) is 11.3 Å². The number of para-hydroxylation sites is 1. The third kappa shape index (κ3) is 5.00. The average Bonchev–Trinajstić information content (AvgIpc) is 3.43. The summed E-state index contributed by atoms with van der Waals surface area (Å²) < 4.78 is 7.48. The number of nitrogens with zero attached hydrogens (tertiary/aromatic N) is 8. The maximum Gasteiger partial charge on any atom is 0.407 e. The molecule has 2 fully saturated rings. The van der Waals surface area contributed by atoms with Crippen LogP contribution in [0, 0.1) is 0 Å². The van der Waals surface area contributed by atoms with Gasteiger partial charge in [0.25, 0.3) is 0 Å². The predicted molar refractivity (Wildman–Crippen MR) is 160 cm³/mol. The van der Waals surface area contributed by atoms with E-state index in [2.05, 4.69) is 21.2 Å². The zero-order chi connectivity index (χ0) is 28.5. The zero-order valence-corrected chi connectivity index (χ0v) is 23.1. The fourth-order valence-corrected chi connectivity index (χ4v) is 5.62. The number of benzene rings is 1. The summed E-state index contributed by atoms with van der Waals surface area (Å²) in [6.07, 6.45) is 2.78. The van der Waals surface area contributed by atoms with Crippen LogP contribution in [-0.4, -0.2) is 93.1 Å². The molecule has 2 aliphatic rings. The van der Waals surface area contributed by atoms with Crippen molar-refractivity contribution < 1.29 is 14.6 Å². The van der Waals surface area contributed by atoms with Gasteiger partial charge in [-0.3, -0.25) is 0 Å². The third-order valence-corrected chi connectivity index (χ3v) is 7.85. The van der Waals surface area contributed by atoms with Gasteiger partial charge in [0.1, 0.15) is 11.6 Å². The molecule has 7 rings (SSSR count). The molecule has 42 heavy (non-hydrogen) atoms. The molecule has 0 unspecified atom stereocenters. The number of piperazine rings is 1. The molecule has 12 nitrogen and oxygen atoms in total. The van der Waals surface area contributed by atoms with Crippen molar-refractivity contribution in [1.29, 1.82) is 0 Å². The summed E-state index contributed by atoms with van der Waals surface area (Å²) in [5.74, 6) is 1.59. The van der Waals surface area contributed by atoms with Gasteiger partial charge in [-0.15, -0.1) is 0 Å². The Morgan fingerprint density at radius 1 is 0.905 bits per heavy atom. The number of imidazole rings is 1. The summed E-state index contributed by atoms with van der Waals surface area (Å²) >= 11 is 0. The van der Waals surface area contributed by atoms with E-state index in [-0.39, 0.29) is 0 Å². The van der Waals surface area contributed by atoms with Gasteiger partial charge in [0.15, 0.2) is 5.65 Å². The first-order chi connectivity index (χ1) is 20.6. The number of aromatic nitrogens is 5. The Kier molecular flexibility index (Phi) is 6.88. The van der Waals surface area contributed by atoms with Gasteiger partial charge in [-0.1, -0.05) is 18.2 Å². The normalized spacial score (nSPS) is 15.9. The quantitative estimate of drug-likeness (QED) is 0.316. The van der Waals surface area contributed by atoms with Crippen LogP contribution >= 0.6 is 0 Å². The Bertz CT molecular complexity index is 1730. The van der Waals surface area contributed by atoms with Crippen LogP contribution in [0.5, 0.6) is 0 Å². The fourth-order valence-electron chi connectivity index (χ4n) is 5.62. The summed E-state index contributed by atoms with van der Waals surface area (Å²) in [6.45, 7) is 5.51. The standard InChI is InChI=1S/C30H31N9O3/c40-30(41)38-13-11-37(12-14-38)27-8-6-22(19-32-27)28-24(20-31-26-7-5-21-3-1-2-4-23(21)34-26)35-29-25(9-10-33-39(28)29)36-15-17-42-18-16-36/h1-10,19H,11-18,20H2,(H,31,34)(H,40,41). The van der Waals surface area contributed by atoms with Crippen LogP contribution < -0.4 is 15.1 Å². The maximum atomic E-state index is 11.3. The largest absolute Gasteiger partial charge is 0.465 e. The second kappa shape index (κ2) is 11.1. The number of anilines is 3. The van der Waals surface area contributed by atoms with E-state index in [0.717, 1.165) is 63.9 Å². The number of ether oxygens (including phenoxy) is 1. The van der Waals surface area contributed by atoms with Gasteiger partial charge in [0, 0.05) is 56.4 Å². The van der Waals surface area contributed by atoms with Gasteiger partial charge in [0.2, 0.25) is 0 Å². The molecular formula is C30H31N9O3. The van der Waals surface area contributed by atoms with E-state index in [1.807, 2.05) is 65.4 Å². The van der Waals surface area contributed by atoms with Crippen molar-refractivity contribution in [1.82, 2.24) is 29.5 Å². The zero-order valence-electron chi connectivity index (χ0n) is 23.1. The van der Waals surface area contributed by atoms with Crippen molar-refractivity contribution in [3.8, 4) is 11.3 Å². The highest BCUT2D eigenvalue weighted by atomic mass is 16.5. The summed E-state index contributed by atoms with van der Waals surface area (Å²) in [5.41, 5.74) is 5.33. The van der Waals surface area contributed by atoms with Crippen LogP contribution in [0.25, 0.3) is 27.8 Å². The number of rotatable bonds is 6. The molecule has 4 aromatic heterocycles. The van der Waals surface area contributed by atoms with E-state index in [9.17, 15) is 9.90 Å². The van der Waals surface area contributed by atoms with Crippen molar-refractivity contribution in [2.45, 2.75) is 6.54 Å². The van der Waals surface area contributed by atoms with Gasteiger partial charge >= 0.3 is 6.09 Å². The van der Waals surface area contributed by atoms with Gasteiger partial charge in [-0.05, 0) is 36.4 Å². The highest BCUT2D eigenvalue weighted by molar-refractivity contribution is 5.80. The smallest absolute Gasteiger partial charge is 0.407 e. The predicted octanol–water partition coefficient (Wildman–Crippen LogP) is 3.59. The Morgan fingerprint density at radius 2 is 1.74 bits per heavy atom. The number of morpholine rings is 1. The summed E-state index contributed by atoms with van der Waals surface area (Å²) in [5, 5.41) is 18.6. The number of carboxylic acid groups (broad SMARTS) is 1. The fraction of sp³-hybridized carbons (Fsp3) is 0.300. The maximum absolute atomic E-state index is 11.3. The summed E-state index contributed by atoms with van der Waals surface area (Å²) in [7, 11) is 0. The second-order valence-corrected chi connectivity index (χ2v) is 10.4. The first kappa shape index (κ1) is 26.0. The molecule has 6 heterocycles. The number of hydrogen-bond donors (Lipinski definition) is 2. The molecule has 12 heteroatoms. The van der Waals surface area contributed by atoms with Crippen LogP contribution in [0.1, 0.15) is 5.69 Å². The second-order valence-electron chi connectivity index (χ2n) is 10.4. The molecular weight excluding hydrogens is 534 g/mol. The number of amides is 1. The first-order valence-corrected chi connectivity index (χ1v) is 14.1. The third-order valence-electron chi connectivity index (χ3n) is 7.85. The molecule has 2 aliphatic heterocycles. The van der Waals surface area contributed by atoms with E-state index < -0.39 is 6.09 Å². The van der Waals surface area contributed by atoms with Crippen molar-refractivity contribution in [3.05, 3.63) is 72.7 Å². The minimum absolute atomic E-state index is 0.450. The molecule has 5 aromatic rings. The van der Waals surface area contributed by atoms with Gasteiger partial charge in [-0.25, -0.2) is 24.3 Å². The Balaban J connectivity index is 1.22. The van der Waals surface area contributed by atoms with Crippen LogP contribution in [0.15, 0.2) is 67.0 Å². The van der Waals surface area contributed by atoms with Gasteiger partial charge in [0.05, 0.1) is 48.5 Å². The molecule has 1 aromatic carbocycles. The average molecular weight is 566 g/mol. The molecule has 0 aliphatic carbocycles. The monoisotopic (exact) mass is 565 g/mol. The molecule has 214 valence electrons. The lowest BCUT2D eigenvalue weighted by molar-refractivity contribution is 0.123. The van der Waals surface area contributed by atoms with Crippen LogP contribution in [0.4, 0.5) is 22.1 Å². The molecule has 2 N–H and O–H groups in total. The Hall–Kier alpha value is -4.97. The number of hydrogen-bond acceptors (Lipinski definition) is 9. The number of pyridine rings is 2. The number of nitrogens with one attached hydrogen (secondary N) is 1. The summed E-state index contributed by atoms with van der Waals surface area (Å²) in [4.78, 5) is 31.8. The highest BCUT2D eigenvalue weighted by Gasteiger charge is 2.24. The van der Waals surface area contributed by atoms with Gasteiger partial charge in [-0.2, -0.15) is 5.10 Å². The van der Waals surface area contributed by atoms with E-state index in [0.29, 0.717) is 45.9 Å². The lowest BCUT2D eigenvalue weighted by Gasteiger charge is -2.33. The number of carbonyl (C=O) groups is 1. The minimum atomic E-state index is -0.880. The minimum Gasteiger partial charge on any atom is -0.465 e. The van der Waals surface area contributed by atoms with Crippen molar-refractivity contribution >= 4 is 40.0 Å². The molecule has 0 saturated carbocycles. The SMILES string of the molecule is O=C(O)N1CCN(c2ccc(-c3c(CNc4ccc5ccccc5n4)nc4c(N5CCOCC5)ccnn34)cn2)CC1. The molecule has 2 saturated heterocycles. The van der Waals surface area contributed by atoms with E-state index in [4.69, 9.17) is 24.8 Å². The van der Waals surface area contributed by atoms with Crippen molar-refractivity contribution in [2.24, 2.45) is 0 Å². The topological polar surface area (TPSA) is 124 Å². The molecule has 0 bridgehead atoms. The molecule has 0 spiro atoms. The molecule has 0 atom stereocenters. The number of fused-ring (bicyclic) bond motifs is 2. The summed E-state index contributed by atoms with van der Waals surface area (Å²) in [6, 6.07) is 18.1. The Labute approximate surface area is 242 Å². The Morgan fingerprint density at radius 3 is 2.52 bits per heavy atom. The van der Waals surface area contributed by atoms with Crippen LogP contribution in [0.2, 0.25) is 0 Å². The lowest BCUT2D eigenvalue weighted by Crippen LogP contribution is -2.48. The molecule has 1 amide bonds. The lowest BCUT2D eigenvalue weighted by atomic mass is 10.1. The first-order valence-electron chi connectivity index (χ1n) is 14.1. The highest BCUT2D eigenvalue weighted by Crippen LogP contribution is 2.31. The van der Waals surface area contributed by atoms with Crippen LogP contribution in [0.3, 0.4) is 0 Å². The molecule has 0 radical (unpaired) electrons.